The lowest BCUT2D eigenvalue weighted by molar-refractivity contribution is -0.195. The first-order chi connectivity index (χ1) is 7.55. The number of carboxylic acids is 2. The highest BCUT2D eigenvalue weighted by Gasteiger charge is 2.46. The maximum Gasteiger partial charge on any atom is 0.402 e. The van der Waals surface area contributed by atoms with Crippen molar-refractivity contribution in [1.82, 2.24) is 5.32 Å². The van der Waals surface area contributed by atoms with Crippen molar-refractivity contribution < 1.29 is 37.8 Å². The van der Waals surface area contributed by atoms with Gasteiger partial charge in [-0.1, -0.05) is 0 Å². The summed E-state index contributed by atoms with van der Waals surface area (Å²) in [6, 6.07) is -1.38. The number of carbonyl (C=O) groups excluding carboxylic acids is 1. The third-order valence-electron chi connectivity index (χ3n) is 1.83. The summed E-state index contributed by atoms with van der Waals surface area (Å²) in [6.07, 6.45) is -6.41. The quantitative estimate of drug-likeness (QED) is 0.654. The summed E-state index contributed by atoms with van der Waals surface area (Å²) in [7, 11) is 0. The van der Waals surface area contributed by atoms with E-state index in [0.717, 1.165) is 6.92 Å². The number of nitrogens with one attached hydrogen (secondary N) is 1. The topological polar surface area (TPSA) is 104 Å². The molecule has 0 saturated heterocycles. The van der Waals surface area contributed by atoms with Crippen LogP contribution in [0.5, 0.6) is 0 Å². The third kappa shape index (κ3) is 5.18. The van der Waals surface area contributed by atoms with Gasteiger partial charge in [-0.2, -0.15) is 13.2 Å². The van der Waals surface area contributed by atoms with Gasteiger partial charge in [-0.3, -0.25) is 14.4 Å². The van der Waals surface area contributed by atoms with E-state index in [9.17, 15) is 27.6 Å². The molecule has 9 heteroatoms. The maximum atomic E-state index is 12.2. The van der Waals surface area contributed by atoms with Crippen LogP contribution in [0, 0.1) is 5.92 Å². The molecule has 2 unspecified atom stereocenters. The van der Waals surface area contributed by atoms with E-state index < -0.39 is 42.4 Å². The SMILES string of the molecule is CC(NC(=O)CC(C(=O)O)C(F)(F)F)C(=O)O. The van der Waals surface area contributed by atoms with Crippen LogP contribution in [-0.4, -0.2) is 40.3 Å². The molecule has 0 saturated carbocycles. The summed E-state index contributed by atoms with van der Waals surface area (Å²) in [6.45, 7) is 1.05. The number of carboxylic acid groups (broad SMARTS) is 2. The van der Waals surface area contributed by atoms with Crippen LogP contribution in [-0.2, 0) is 14.4 Å². The van der Waals surface area contributed by atoms with E-state index in [1.165, 1.54) is 0 Å². The lowest BCUT2D eigenvalue weighted by atomic mass is 10.0. The molecule has 3 N–H and O–H groups in total. The number of alkyl halides is 3. The molecule has 2 atom stereocenters. The van der Waals surface area contributed by atoms with E-state index in [4.69, 9.17) is 10.2 Å². The normalized spacial score (nSPS) is 14.8. The molecule has 0 aliphatic heterocycles. The van der Waals surface area contributed by atoms with Gasteiger partial charge in [-0.25, -0.2) is 0 Å². The van der Waals surface area contributed by atoms with Crippen LogP contribution in [0.25, 0.3) is 0 Å². The van der Waals surface area contributed by atoms with Crippen molar-refractivity contribution in [2.24, 2.45) is 5.92 Å². The molecule has 1 amide bonds. The van der Waals surface area contributed by atoms with E-state index in [2.05, 4.69) is 0 Å². The van der Waals surface area contributed by atoms with E-state index in [1.807, 2.05) is 0 Å². The summed E-state index contributed by atoms with van der Waals surface area (Å²) < 4.78 is 36.5. The van der Waals surface area contributed by atoms with Gasteiger partial charge in [-0.15, -0.1) is 0 Å². The average molecular weight is 257 g/mol. The Balaban J connectivity index is 4.54. The first-order valence-electron chi connectivity index (χ1n) is 4.37. The second-order valence-electron chi connectivity index (χ2n) is 3.26. The second kappa shape index (κ2) is 5.51. The number of hydrogen-bond donors (Lipinski definition) is 3. The minimum atomic E-state index is -5.06. The zero-order valence-electron chi connectivity index (χ0n) is 8.61. The zero-order valence-corrected chi connectivity index (χ0v) is 8.61. The molecule has 0 fully saturated rings. The maximum absolute atomic E-state index is 12.2. The third-order valence-corrected chi connectivity index (χ3v) is 1.83. The van der Waals surface area contributed by atoms with E-state index >= 15 is 0 Å². The van der Waals surface area contributed by atoms with Crippen LogP contribution < -0.4 is 5.32 Å². The highest BCUT2D eigenvalue weighted by Crippen LogP contribution is 2.28. The van der Waals surface area contributed by atoms with Gasteiger partial charge in [0.05, 0.1) is 0 Å². The van der Waals surface area contributed by atoms with Crippen molar-refractivity contribution in [2.75, 3.05) is 0 Å². The van der Waals surface area contributed by atoms with Gasteiger partial charge >= 0.3 is 18.1 Å². The smallest absolute Gasteiger partial charge is 0.402 e. The number of halogens is 3. The summed E-state index contributed by atoms with van der Waals surface area (Å²) in [5.41, 5.74) is 0. The fourth-order valence-electron chi connectivity index (χ4n) is 0.891. The van der Waals surface area contributed by atoms with Crippen LogP contribution in [0.1, 0.15) is 13.3 Å². The van der Waals surface area contributed by atoms with Crippen molar-refractivity contribution in [1.29, 1.82) is 0 Å². The lowest BCUT2D eigenvalue weighted by Gasteiger charge is -2.16. The van der Waals surface area contributed by atoms with Crippen LogP contribution in [0.15, 0.2) is 0 Å². The molecule has 0 bridgehead atoms. The molecule has 0 aromatic heterocycles. The number of amides is 1. The van der Waals surface area contributed by atoms with Gasteiger partial charge in [0.25, 0.3) is 0 Å². The van der Waals surface area contributed by atoms with Gasteiger partial charge in [0, 0.05) is 6.42 Å². The monoisotopic (exact) mass is 257 g/mol. The van der Waals surface area contributed by atoms with Gasteiger partial charge in [-0.05, 0) is 6.92 Å². The fourth-order valence-corrected chi connectivity index (χ4v) is 0.891. The van der Waals surface area contributed by atoms with Crippen LogP contribution in [0.2, 0.25) is 0 Å². The van der Waals surface area contributed by atoms with Crippen molar-refractivity contribution in [3.63, 3.8) is 0 Å². The molecule has 0 radical (unpaired) electrons. The number of hydrogen-bond acceptors (Lipinski definition) is 3. The molecule has 0 heterocycles. The van der Waals surface area contributed by atoms with Crippen LogP contribution in [0.3, 0.4) is 0 Å². The number of aliphatic carboxylic acids is 2. The molecular weight excluding hydrogens is 247 g/mol. The molecular formula is C8H10F3NO5. The van der Waals surface area contributed by atoms with Gasteiger partial charge < -0.3 is 15.5 Å². The fraction of sp³-hybridized carbons (Fsp3) is 0.625. The lowest BCUT2D eigenvalue weighted by Crippen LogP contribution is -2.42. The minimum Gasteiger partial charge on any atom is -0.481 e. The van der Waals surface area contributed by atoms with Gasteiger partial charge in [0.1, 0.15) is 6.04 Å². The number of carbonyl (C=O) groups is 3. The Bertz CT molecular complexity index is 328. The van der Waals surface area contributed by atoms with Gasteiger partial charge in [0.2, 0.25) is 5.91 Å². The zero-order chi connectivity index (χ0) is 13.8. The molecule has 0 aromatic carbocycles. The predicted molar refractivity (Wildman–Crippen MR) is 47.0 cm³/mol. The van der Waals surface area contributed by atoms with Crippen molar-refractivity contribution in [2.45, 2.75) is 25.6 Å². The second-order valence-corrected chi connectivity index (χ2v) is 3.26. The van der Waals surface area contributed by atoms with Gasteiger partial charge in [0.15, 0.2) is 5.92 Å². The Morgan fingerprint density at radius 2 is 1.65 bits per heavy atom. The van der Waals surface area contributed by atoms with Crippen molar-refractivity contribution in [3.8, 4) is 0 Å². The summed E-state index contributed by atoms with van der Waals surface area (Å²) >= 11 is 0. The molecule has 0 aliphatic carbocycles. The molecule has 0 rings (SSSR count). The van der Waals surface area contributed by atoms with Crippen LogP contribution >= 0.6 is 0 Å². The summed E-state index contributed by atoms with van der Waals surface area (Å²) in [4.78, 5) is 31.6. The largest absolute Gasteiger partial charge is 0.481 e. The number of rotatable bonds is 5. The highest BCUT2D eigenvalue weighted by molar-refractivity contribution is 5.86. The molecule has 6 nitrogen and oxygen atoms in total. The molecule has 0 aliphatic rings. The minimum absolute atomic E-state index is 1.05. The summed E-state index contributed by atoms with van der Waals surface area (Å²) in [5.74, 6) is -7.75. The average Bonchev–Trinajstić information content (AvgIpc) is 2.11. The Labute approximate surface area is 93.4 Å². The predicted octanol–water partition coefficient (Wildman–Crippen LogP) is 0.229. The first-order valence-corrected chi connectivity index (χ1v) is 4.37. The Kier molecular flexibility index (Phi) is 4.92. The molecule has 98 valence electrons. The first kappa shape index (κ1) is 15.2. The van der Waals surface area contributed by atoms with E-state index in [1.54, 1.807) is 5.32 Å². The standard InChI is InChI=1S/C8H10F3NO5/c1-3(6(14)15)12-5(13)2-4(7(16)17)8(9,10)11/h3-4H,2H2,1H3,(H,12,13)(H,14,15)(H,16,17). The Morgan fingerprint density at radius 1 is 1.18 bits per heavy atom. The van der Waals surface area contributed by atoms with Crippen molar-refractivity contribution >= 4 is 17.8 Å². The van der Waals surface area contributed by atoms with E-state index in [-0.39, 0.29) is 0 Å². The van der Waals surface area contributed by atoms with Crippen molar-refractivity contribution in [3.05, 3.63) is 0 Å². The van der Waals surface area contributed by atoms with E-state index in [0.29, 0.717) is 0 Å². The highest BCUT2D eigenvalue weighted by atomic mass is 19.4. The Morgan fingerprint density at radius 3 is 1.94 bits per heavy atom. The molecule has 0 spiro atoms. The molecule has 0 aromatic rings. The van der Waals surface area contributed by atoms with Crippen LogP contribution in [0.4, 0.5) is 13.2 Å². The summed E-state index contributed by atoms with van der Waals surface area (Å²) in [5, 5.41) is 18.4. The Hall–Kier alpha value is -1.80. The molecule has 17 heavy (non-hydrogen) atoms.